The van der Waals surface area contributed by atoms with Gasteiger partial charge in [0.15, 0.2) is 0 Å². The van der Waals surface area contributed by atoms with E-state index in [2.05, 4.69) is 6.07 Å². The van der Waals surface area contributed by atoms with E-state index in [-0.39, 0.29) is 6.54 Å². The summed E-state index contributed by atoms with van der Waals surface area (Å²) in [4.78, 5) is 26.6. The quantitative estimate of drug-likeness (QED) is 0.670. The second kappa shape index (κ2) is 7.80. The summed E-state index contributed by atoms with van der Waals surface area (Å²) in [6, 6.07) is 10.3. The molecule has 4 nitrogen and oxygen atoms in total. The lowest BCUT2D eigenvalue weighted by molar-refractivity contribution is -0.123. The first-order chi connectivity index (χ1) is 13.6. The fourth-order valence-corrected chi connectivity index (χ4v) is 4.42. The van der Waals surface area contributed by atoms with Crippen molar-refractivity contribution in [3.8, 4) is 5.75 Å². The van der Waals surface area contributed by atoms with Gasteiger partial charge in [0.25, 0.3) is 11.1 Å². The van der Waals surface area contributed by atoms with Crippen molar-refractivity contribution < 1.29 is 18.7 Å². The maximum absolute atomic E-state index is 13.9. The zero-order valence-corrected chi connectivity index (χ0v) is 16.4. The summed E-state index contributed by atoms with van der Waals surface area (Å²) in [7, 11) is 0. The maximum atomic E-state index is 13.9. The lowest BCUT2D eigenvalue weighted by Gasteiger charge is -2.13. The average molecular weight is 397 g/mol. The zero-order chi connectivity index (χ0) is 19.7. The highest BCUT2D eigenvalue weighted by Gasteiger charge is 2.35. The zero-order valence-electron chi connectivity index (χ0n) is 15.5. The van der Waals surface area contributed by atoms with Crippen molar-refractivity contribution >= 4 is 29.0 Å². The molecule has 0 N–H and O–H groups in total. The van der Waals surface area contributed by atoms with Crippen LogP contribution < -0.4 is 4.74 Å². The fraction of sp³-hybridized carbons (Fsp3) is 0.273. The number of carbonyl (C=O) groups is 2. The van der Waals surface area contributed by atoms with Crippen molar-refractivity contribution in [3.05, 3.63) is 69.4 Å². The van der Waals surface area contributed by atoms with Crippen LogP contribution in [0.3, 0.4) is 0 Å². The van der Waals surface area contributed by atoms with Crippen molar-refractivity contribution in [1.82, 2.24) is 4.90 Å². The van der Waals surface area contributed by atoms with E-state index in [1.54, 1.807) is 24.3 Å². The molecule has 1 heterocycles. The first kappa shape index (κ1) is 18.7. The van der Waals surface area contributed by atoms with E-state index in [9.17, 15) is 14.0 Å². The summed E-state index contributed by atoms with van der Waals surface area (Å²) in [5.41, 5.74) is 3.67. The van der Waals surface area contributed by atoms with Crippen molar-refractivity contribution in [1.29, 1.82) is 0 Å². The molecule has 144 valence electrons. The van der Waals surface area contributed by atoms with Gasteiger partial charge < -0.3 is 4.74 Å². The van der Waals surface area contributed by atoms with Crippen LogP contribution in [0.2, 0.25) is 0 Å². The van der Waals surface area contributed by atoms with Crippen LogP contribution in [0.4, 0.5) is 9.18 Å². The molecular weight excluding hydrogens is 377 g/mol. The summed E-state index contributed by atoms with van der Waals surface area (Å²) in [5, 5.41) is -0.390. The van der Waals surface area contributed by atoms with Crippen LogP contribution >= 0.6 is 11.8 Å². The van der Waals surface area contributed by atoms with Gasteiger partial charge in [-0.2, -0.15) is 0 Å². The van der Waals surface area contributed by atoms with Gasteiger partial charge in [-0.25, -0.2) is 4.39 Å². The Bertz CT molecular complexity index is 986. The number of thioether (sulfide) groups is 1. The third-order valence-electron chi connectivity index (χ3n) is 4.97. The smallest absolute Gasteiger partial charge is 0.293 e. The van der Waals surface area contributed by atoms with Crippen molar-refractivity contribution in [2.45, 2.75) is 32.7 Å². The molecule has 1 aliphatic carbocycles. The highest BCUT2D eigenvalue weighted by atomic mass is 32.2. The third kappa shape index (κ3) is 3.56. The number of carbonyl (C=O) groups excluding carboxylic acids is 2. The lowest BCUT2D eigenvalue weighted by Crippen LogP contribution is -2.27. The predicted octanol–water partition coefficient (Wildman–Crippen LogP) is 4.95. The molecule has 1 aliphatic heterocycles. The van der Waals surface area contributed by atoms with Crippen LogP contribution in [0.1, 0.15) is 35.6 Å². The van der Waals surface area contributed by atoms with Gasteiger partial charge in [-0.1, -0.05) is 18.2 Å². The summed E-state index contributed by atoms with van der Waals surface area (Å²) >= 11 is 0.882. The number of hydrogen-bond acceptors (Lipinski definition) is 4. The number of nitrogens with zero attached hydrogens (tertiary/aromatic N) is 1. The number of benzene rings is 2. The van der Waals surface area contributed by atoms with Crippen molar-refractivity contribution in [2.75, 3.05) is 6.61 Å². The highest BCUT2D eigenvalue weighted by molar-refractivity contribution is 8.18. The first-order valence-electron chi connectivity index (χ1n) is 9.34. The molecule has 2 aliphatic rings. The molecule has 0 spiro atoms. The van der Waals surface area contributed by atoms with Crippen LogP contribution in [0.5, 0.6) is 5.75 Å². The number of hydrogen-bond donors (Lipinski definition) is 0. The Labute approximate surface area is 167 Å². The minimum absolute atomic E-state index is 0.0722. The minimum Gasteiger partial charge on any atom is -0.493 e. The molecule has 0 radical (unpaired) electrons. The minimum atomic E-state index is -0.428. The van der Waals surface area contributed by atoms with Crippen LogP contribution in [-0.4, -0.2) is 22.7 Å². The molecule has 4 rings (SSSR count). The number of aryl methyl sites for hydroxylation is 2. The van der Waals surface area contributed by atoms with E-state index in [0.29, 0.717) is 17.1 Å². The van der Waals surface area contributed by atoms with Crippen LogP contribution in [-0.2, 0) is 24.2 Å². The molecule has 0 bridgehead atoms. The monoisotopic (exact) mass is 397 g/mol. The molecule has 1 fully saturated rings. The molecular formula is C22H20FNO3S. The molecule has 0 unspecified atom stereocenters. The Morgan fingerprint density at radius 3 is 2.68 bits per heavy atom. The lowest BCUT2D eigenvalue weighted by atomic mass is 10.0. The number of ether oxygens (including phenoxy) is 1. The Hall–Kier alpha value is -2.60. The molecule has 28 heavy (non-hydrogen) atoms. The predicted molar refractivity (Wildman–Crippen MR) is 108 cm³/mol. The number of rotatable bonds is 5. The second-order valence-electron chi connectivity index (χ2n) is 6.80. The number of imide groups is 1. The third-order valence-corrected chi connectivity index (χ3v) is 5.88. The Morgan fingerprint density at radius 1 is 1.18 bits per heavy atom. The molecule has 1 saturated heterocycles. The Kier molecular flexibility index (Phi) is 5.22. The molecule has 0 atom stereocenters. The molecule has 2 amide bonds. The molecule has 0 aromatic heterocycles. The summed E-state index contributed by atoms with van der Waals surface area (Å²) in [6.07, 6.45) is 4.88. The normalized spacial score (nSPS) is 17.5. The summed E-state index contributed by atoms with van der Waals surface area (Å²) in [6.45, 7) is 2.37. The van der Waals surface area contributed by atoms with Gasteiger partial charge in [0, 0.05) is 11.1 Å². The van der Waals surface area contributed by atoms with Gasteiger partial charge in [0.2, 0.25) is 0 Å². The van der Waals surface area contributed by atoms with Crippen molar-refractivity contribution in [2.24, 2.45) is 0 Å². The van der Waals surface area contributed by atoms with Gasteiger partial charge in [-0.3, -0.25) is 14.5 Å². The van der Waals surface area contributed by atoms with Gasteiger partial charge in [-0.05, 0) is 73.4 Å². The second-order valence-corrected chi connectivity index (χ2v) is 7.80. The summed E-state index contributed by atoms with van der Waals surface area (Å²) in [5.74, 6) is -0.104. The standard InChI is InChI=1S/C22H20FNO3S/c1-2-27-19-11-15-8-5-7-14(15)10-17(19)12-20-21(25)24(22(26)28-20)13-16-6-3-4-9-18(16)23/h3-4,6,9-12H,2,5,7-8,13H2,1H3/b20-12+. The molecule has 2 aromatic carbocycles. The molecule has 0 saturated carbocycles. The number of halogens is 1. The number of amides is 2. The Morgan fingerprint density at radius 2 is 1.93 bits per heavy atom. The maximum Gasteiger partial charge on any atom is 0.293 e. The van der Waals surface area contributed by atoms with Crippen molar-refractivity contribution in [3.63, 3.8) is 0 Å². The van der Waals surface area contributed by atoms with E-state index < -0.39 is 17.0 Å². The van der Waals surface area contributed by atoms with Gasteiger partial charge in [0.1, 0.15) is 11.6 Å². The van der Waals surface area contributed by atoms with E-state index >= 15 is 0 Å². The molecule has 6 heteroatoms. The van der Waals surface area contributed by atoms with Crippen LogP contribution in [0.15, 0.2) is 41.3 Å². The largest absolute Gasteiger partial charge is 0.493 e. The van der Waals surface area contributed by atoms with E-state index in [0.717, 1.165) is 47.2 Å². The van der Waals surface area contributed by atoms with E-state index in [1.807, 2.05) is 13.0 Å². The fourth-order valence-electron chi connectivity index (χ4n) is 3.59. The van der Waals surface area contributed by atoms with E-state index in [1.165, 1.54) is 17.2 Å². The Balaban J connectivity index is 1.63. The van der Waals surface area contributed by atoms with Gasteiger partial charge in [-0.15, -0.1) is 0 Å². The van der Waals surface area contributed by atoms with Crippen LogP contribution in [0, 0.1) is 5.82 Å². The van der Waals surface area contributed by atoms with Gasteiger partial charge >= 0.3 is 0 Å². The first-order valence-corrected chi connectivity index (χ1v) is 10.2. The van der Waals surface area contributed by atoms with Gasteiger partial charge in [0.05, 0.1) is 18.1 Å². The van der Waals surface area contributed by atoms with Crippen LogP contribution in [0.25, 0.3) is 6.08 Å². The average Bonchev–Trinajstić information content (AvgIpc) is 3.23. The van der Waals surface area contributed by atoms with E-state index in [4.69, 9.17) is 4.74 Å². The highest BCUT2D eigenvalue weighted by Crippen LogP contribution is 2.37. The summed E-state index contributed by atoms with van der Waals surface area (Å²) < 4.78 is 19.7. The SMILES string of the molecule is CCOc1cc2c(cc1/C=C1/SC(=O)N(Cc3ccccc3F)C1=O)CCC2. The molecule has 2 aromatic rings. The number of fused-ring (bicyclic) bond motifs is 1. The topological polar surface area (TPSA) is 46.6 Å².